The maximum atomic E-state index is 6.42. The van der Waals surface area contributed by atoms with Crippen molar-refractivity contribution in [1.29, 1.82) is 0 Å². The molecule has 4 nitrogen and oxygen atoms in total. The van der Waals surface area contributed by atoms with E-state index in [1.807, 2.05) is 0 Å². The van der Waals surface area contributed by atoms with Gasteiger partial charge in [0.2, 0.25) is 0 Å². The summed E-state index contributed by atoms with van der Waals surface area (Å²) < 4.78 is 0. The highest BCUT2D eigenvalue weighted by molar-refractivity contribution is 6.33. The zero-order valence-electron chi connectivity index (χ0n) is 13.6. The summed E-state index contributed by atoms with van der Waals surface area (Å²) in [6, 6.07) is 9.18. The van der Waals surface area contributed by atoms with Crippen molar-refractivity contribution in [2.75, 3.05) is 10.6 Å². The van der Waals surface area contributed by atoms with Crippen LogP contribution < -0.4 is 10.6 Å². The van der Waals surface area contributed by atoms with Crippen molar-refractivity contribution >= 4 is 23.1 Å². The first kappa shape index (κ1) is 16.1. The van der Waals surface area contributed by atoms with Gasteiger partial charge in [0.1, 0.15) is 17.2 Å². The van der Waals surface area contributed by atoms with E-state index in [1.54, 1.807) is 6.33 Å². The van der Waals surface area contributed by atoms with E-state index in [4.69, 9.17) is 11.6 Å². The van der Waals surface area contributed by atoms with Gasteiger partial charge in [0.25, 0.3) is 0 Å². The molecule has 1 aliphatic heterocycles. The van der Waals surface area contributed by atoms with Crippen molar-refractivity contribution in [3.05, 3.63) is 46.9 Å². The summed E-state index contributed by atoms with van der Waals surface area (Å²) in [7, 11) is 0. The predicted molar refractivity (Wildman–Crippen MR) is 96.3 cm³/mol. The van der Waals surface area contributed by atoms with Crippen LogP contribution >= 0.6 is 11.6 Å². The molecule has 5 heteroatoms. The molecular weight excluding hydrogens is 308 g/mol. The number of rotatable bonds is 5. The van der Waals surface area contributed by atoms with Crippen LogP contribution in [0.15, 0.2) is 30.6 Å². The maximum Gasteiger partial charge on any atom is 0.148 e. The first-order valence-corrected chi connectivity index (χ1v) is 8.71. The molecule has 3 rings (SSSR count). The van der Waals surface area contributed by atoms with Gasteiger partial charge in [-0.25, -0.2) is 9.97 Å². The van der Waals surface area contributed by atoms with Gasteiger partial charge in [-0.2, -0.15) is 0 Å². The number of fused-ring (bicyclic) bond motifs is 1. The second kappa shape index (κ2) is 7.18. The highest BCUT2D eigenvalue weighted by atomic mass is 35.5. The predicted octanol–water partition coefficient (Wildman–Crippen LogP) is 4.31. The molecule has 0 radical (unpaired) electrons. The molecule has 2 heterocycles. The van der Waals surface area contributed by atoms with Crippen LogP contribution in [0.2, 0.25) is 5.02 Å². The van der Waals surface area contributed by atoms with Crippen LogP contribution in [0, 0.1) is 0 Å². The molecule has 23 heavy (non-hydrogen) atoms. The number of nitrogens with zero attached hydrogens (tertiary/aromatic N) is 2. The number of hydrogen-bond donors (Lipinski definition) is 2. The quantitative estimate of drug-likeness (QED) is 0.857. The second-order valence-electron chi connectivity index (χ2n) is 5.94. The minimum atomic E-state index is 0.278. The summed E-state index contributed by atoms with van der Waals surface area (Å²) in [4.78, 5) is 8.57. The van der Waals surface area contributed by atoms with Crippen molar-refractivity contribution in [3.63, 3.8) is 0 Å². The Hall–Kier alpha value is -1.81. The number of para-hydroxylation sites is 1. The van der Waals surface area contributed by atoms with Gasteiger partial charge in [-0.3, -0.25) is 0 Å². The monoisotopic (exact) mass is 330 g/mol. The first-order chi connectivity index (χ1) is 11.2. The standard InChI is InChI=1S/C18H23ClN4/c1-3-13(23-18-17(19)14(4-2)20-11-21-18)16-10-9-12-7-5-6-8-15(12)22-16/h5-8,11,13,16,22H,3-4,9-10H2,1-2H3,(H,20,21,23). The van der Waals surface area contributed by atoms with Gasteiger partial charge in [-0.15, -0.1) is 0 Å². The molecule has 0 amide bonds. The van der Waals surface area contributed by atoms with Gasteiger partial charge in [-0.05, 0) is 37.3 Å². The fourth-order valence-electron chi connectivity index (χ4n) is 3.18. The summed E-state index contributed by atoms with van der Waals surface area (Å²) in [5.41, 5.74) is 3.53. The molecule has 122 valence electrons. The zero-order valence-corrected chi connectivity index (χ0v) is 14.4. The minimum Gasteiger partial charge on any atom is -0.380 e. The molecular formula is C18H23ClN4. The van der Waals surface area contributed by atoms with Gasteiger partial charge in [0, 0.05) is 17.8 Å². The highest BCUT2D eigenvalue weighted by Gasteiger charge is 2.25. The molecule has 2 aromatic rings. The van der Waals surface area contributed by atoms with E-state index in [0.29, 0.717) is 11.1 Å². The Balaban J connectivity index is 1.77. The summed E-state index contributed by atoms with van der Waals surface area (Å²) in [5.74, 6) is 0.742. The Bertz CT molecular complexity index is 674. The molecule has 2 unspecified atom stereocenters. The average molecular weight is 331 g/mol. The summed E-state index contributed by atoms with van der Waals surface area (Å²) in [6.07, 6.45) is 5.60. The van der Waals surface area contributed by atoms with Gasteiger partial charge >= 0.3 is 0 Å². The van der Waals surface area contributed by atoms with Crippen LogP contribution in [0.25, 0.3) is 0 Å². The van der Waals surface area contributed by atoms with Crippen LogP contribution in [0.1, 0.15) is 37.9 Å². The van der Waals surface area contributed by atoms with E-state index in [2.05, 4.69) is 58.7 Å². The lowest BCUT2D eigenvalue weighted by Gasteiger charge is -2.33. The van der Waals surface area contributed by atoms with E-state index in [9.17, 15) is 0 Å². The first-order valence-electron chi connectivity index (χ1n) is 8.33. The molecule has 1 aromatic carbocycles. The molecule has 0 bridgehead atoms. The van der Waals surface area contributed by atoms with E-state index in [-0.39, 0.29) is 6.04 Å². The van der Waals surface area contributed by atoms with Crippen molar-refractivity contribution in [2.24, 2.45) is 0 Å². The summed E-state index contributed by atoms with van der Waals surface area (Å²) >= 11 is 6.42. The molecule has 1 aromatic heterocycles. The zero-order chi connectivity index (χ0) is 16.2. The van der Waals surface area contributed by atoms with Crippen LogP contribution in [0.4, 0.5) is 11.5 Å². The van der Waals surface area contributed by atoms with Gasteiger partial charge in [0.05, 0.1) is 5.69 Å². The van der Waals surface area contributed by atoms with Crippen molar-refractivity contribution in [1.82, 2.24) is 9.97 Å². The smallest absolute Gasteiger partial charge is 0.148 e. The molecule has 0 saturated carbocycles. The van der Waals surface area contributed by atoms with Crippen LogP contribution in [-0.2, 0) is 12.8 Å². The fraction of sp³-hybridized carbons (Fsp3) is 0.444. The molecule has 0 fully saturated rings. The van der Waals surface area contributed by atoms with Crippen LogP contribution in [-0.4, -0.2) is 22.1 Å². The van der Waals surface area contributed by atoms with Gasteiger partial charge < -0.3 is 10.6 Å². The van der Waals surface area contributed by atoms with Crippen molar-refractivity contribution < 1.29 is 0 Å². The van der Waals surface area contributed by atoms with Crippen LogP contribution in [0.5, 0.6) is 0 Å². The third-order valence-corrected chi connectivity index (χ3v) is 4.92. The summed E-state index contributed by atoms with van der Waals surface area (Å²) in [6.45, 7) is 4.24. The van der Waals surface area contributed by atoms with E-state index >= 15 is 0 Å². The molecule has 0 saturated heterocycles. The topological polar surface area (TPSA) is 49.8 Å². The number of nitrogens with one attached hydrogen (secondary N) is 2. The lowest BCUT2D eigenvalue weighted by molar-refractivity contribution is 0.525. The summed E-state index contributed by atoms with van der Waals surface area (Å²) in [5, 5.41) is 7.84. The van der Waals surface area contributed by atoms with E-state index < -0.39 is 0 Å². The van der Waals surface area contributed by atoms with E-state index in [1.165, 1.54) is 11.3 Å². The van der Waals surface area contributed by atoms with Crippen molar-refractivity contribution in [3.8, 4) is 0 Å². The molecule has 1 aliphatic rings. The third kappa shape index (κ3) is 3.42. The number of halogens is 1. The lowest BCUT2D eigenvalue weighted by atomic mass is 9.92. The highest BCUT2D eigenvalue weighted by Crippen LogP contribution is 2.29. The normalized spacial score (nSPS) is 18.0. The minimum absolute atomic E-state index is 0.278. The Labute approximate surface area is 142 Å². The number of hydrogen-bond acceptors (Lipinski definition) is 4. The Morgan fingerprint density at radius 2 is 2.13 bits per heavy atom. The number of benzene rings is 1. The van der Waals surface area contributed by atoms with E-state index in [0.717, 1.165) is 37.2 Å². The second-order valence-corrected chi connectivity index (χ2v) is 6.32. The largest absolute Gasteiger partial charge is 0.380 e. The Morgan fingerprint density at radius 3 is 2.91 bits per heavy atom. The number of anilines is 2. The average Bonchev–Trinajstić information content (AvgIpc) is 2.60. The van der Waals surface area contributed by atoms with Crippen molar-refractivity contribution in [2.45, 2.75) is 51.6 Å². The molecule has 0 spiro atoms. The fourth-order valence-corrected chi connectivity index (χ4v) is 3.47. The number of aryl methyl sites for hydroxylation is 2. The SMILES string of the molecule is CCc1ncnc(NC(CC)C2CCc3ccccc3N2)c1Cl. The third-order valence-electron chi connectivity index (χ3n) is 4.53. The number of aromatic nitrogens is 2. The molecule has 0 aliphatic carbocycles. The maximum absolute atomic E-state index is 6.42. The Kier molecular flexibility index (Phi) is 5.01. The lowest BCUT2D eigenvalue weighted by Crippen LogP contribution is -2.41. The Morgan fingerprint density at radius 1 is 1.30 bits per heavy atom. The van der Waals surface area contributed by atoms with Gasteiger partial charge in [-0.1, -0.05) is 43.6 Å². The molecule has 2 atom stereocenters. The van der Waals surface area contributed by atoms with Gasteiger partial charge in [0.15, 0.2) is 0 Å². The molecule has 2 N–H and O–H groups in total. The van der Waals surface area contributed by atoms with Crippen LogP contribution in [0.3, 0.4) is 0 Å².